The molecule has 6 nitrogen and oxygen atoms in total. The summed E-state index contributed by atoms with van der Waals surface area (Å²) in [4.78, 5) is 19.0. The fourth-order valence-corrected chi connectivity index (χ4v) is 2.59. The lowest BCUT2D eigenvalue weighted by molar-refractivity contribution is 0.240. The number of nitrogens with zero attached hydrogens (tertiary/aromatic N) is 1. The first-order chi connectivity index (χ1) is 12.2. The van der Waals surface area contributed by atoms with Crippen LogP contribution >= 0.6 is 0 Å². The Balaban J connectivity index is 1.48. The summed E-state index contributed by atoms with van der Waals surface area (Å²) in [6.45, 7) is 0.831. The van der Waals surface area contributed by atoms with Crippen molar-refractivity contribution in [1.82, 2.24) is 20.6 Å². The van der Waals surface area contributed by atoms with E-state index in [0.29, 0.717) is 25.4 Å². The average molecular weight is 342 g/mol. The number of carbonyl (C=O) groups excluding carboxylic acids is 1. The van der Waals surface area contributed by atoms with Crippen molar-refractivity contribution in [3.8, 4) is 5.88 Å². The number of rotatable bonds is 6. The molecule has 3 aromatic rings. The molecule has 2 amide bonds. The van der Waals surface area contributed by atoms with Gasteiger partial charge in [-0.05, 0) is 41.8 Å². The van der Waals surface area contributed by atoms with E-state index >= 15 is 0 Å². The van der Waals surface area contributed by atoms with Gasteiger partial charge < -0.3 is 20.4 Å². The minimum absolute atomic E-state index is 0.262. The van der Waals surface area contributed by atoms with E-state index in [-0.39, 0.29) is 11.8 Å². The highest BCUT2D eigenvalue weighted by atomic mass is 19.1. The van der Waals surface area contributed by atoms with Gasteiger partial charge in [-0.1, -0.05) is 0 Å². The summed E-state index contributed by atoms with van der Waals surface area (Å²) < 4.78 is 18.4. The molecule has 0 aliphatic rings. The summed E-state index contributed by atoms with van der Waals surface area (Å²) in [7, 11) is 1.54. The summed E-state index contributed by atoms with van der Waals surface area (Å²) in [5, 5.41) is 6.41. The second-order valence-corrected chi connectivity index (χ2v) is 5.57. The molecule has 130 valence electrons. The second kappa shape index (κ2) is 7.65. The number of fused-ring (bicyclic) bond motifs is 1. The number of ether oxygens (including phenoxy) is 1. The van der Waals surface area contributed by atoms with Crippen molar-refractivity contribution in [2.75, 3.05) is 13.7 Å². The Labute approximate surface area is 144 Å². The molecule has 0 spiro atoms. The molecule has 2 heterocycles. The zero-order valence-electron chi connectivity index (χ0n) is 13.8. The smallest absolute Gasteiger partial charge is 0.315 e. The lowest BCUT2D eigenvalue weighted by atomic mass is 10.1. The summed E-state index contributed by atoms with van der Waals surface area (Å²) >= 11 is 0. The third-order valence-electron chi connectivity index (χ3n) is 3.87. The minimum atomic E-state index is -0.271. The highest BCUT2D eigenvalue weighted by Gasteiger charge is 2.06. The highest BCUT2D eigenvalue weighted by molar-refractivity contribution is 5.83. The molecule has 0 unspecified atom stereocenters. The third-order valence-corrected chi connectivity index (χ3v) is 3.87. The van der Waals surface area contributed by atoms with Gasteiger partial charge >= 0.3 is 6.03 Å². The van der Waals surface area contributed by atoms with Crippen LogP contribution in [-0.2, 0) is 13.0 Å². The number of methoxy groups -OCH3 is 1. The first-order valence-corrected chi connectivity index (χ1v) is 7.92. The second-order valence-electron chi connectivity index (χ2n) is 5.57. The van der Waals surface area contributed by atoms with Crippen LogP contribution in [0.15, 0.2) is 42.7 Å². The fraction of sp³-hybridized carbons (Fsp3) is 0.222. The molecule has 0 aliphatic heterocycles. The number of carbonyl (C=O) groups is 1. The predicted molar refractivity (Wildman–Crippen MR) is 93.0 cm³/mol. The fourth-order valence-electron chi connectivity index (χ4n) is 2.59. The van der Waals surface area contributed by atoms with Crippen molar-refractivity contribution in [2.45, 2.75) is 13.0 Å². The van der Waals surface area contributed by atoms with Crippen molar-refractivity contribution in [3.63, 3.8) is 0 Å². The van der Waals surface area contributed by atoms with Crippen LogP contribution < -0.4 is 15.4 Å². The third kappa shape index (κ3) is 4.26. The minimum Gasteiger partial charge on any atom is -0.481 e. The van der Waals surface area contributed by atoms with Crippen LogP contribution in [0.3, 0.4) is 0 Å². The number of hydrogen-bond acceptors (Lipinski definition) is 3. The first kappa shape index (κ1) is 16.8. The zero-order valence-corrected chi connectivity index (χ0v) is 13.8. The van der Waals surface area contributed by atoms with E-state index < -0.39 is 0 Å². The summed E-state index contributed by atoms with van der Waals surface area (Å²) in [5.74, 6) is 0.234. The van der Waals surface area contributed by atoms with E-state index in [4.69, 9.17) is 4.74 Å². The van der Waals surface area contributed by atoms with E-state index in [1.165, 1.54) is 12.1 Å². The van der Waals surface area contributed by atoms with Crippen LogP contribution in [0.25, 0.3) is 10.9 Å². The van der Waals surface area contributed by atoms with Crippen LogP contribution in [0.4, 0.5) is 9.18 Å². The quantitative estimate of drug-likeness (QED) is 0.644. The van der Waals surface area contributed by atoms with Crippen molar-refractivity contribution >= 4 is 16.9 Å². The highest BCUT2D eigenvalue weighted by Crippen LogP contribution is 2.19. The number of urea groups is 1. The van der Waals surface area contributed by atoms with Gasteiger partial charge in [0.05, 0.1) is 7.11 Å². The van der Waals surface area contributed by atoms with Crippen molar-refractivity contribution < 1.29 is 13.9 Å². The lowest BCUT2D eigenvalue weighted by Crippen LogP contribution is -2.36. The Kier molecular flexibility index (Phi) is 5.13. The SMILES string of the molecule is COc1cc(CNC(=O)NCCc2c[nH]c3ccc(F)cc23)ccn1. The molecule has 3 rings (SSSR count). The van der Waals surface area contributed by atoms with E-state index in [0.717, 1.165) is 22.0 Å². The lowest BCUT2D eigenvalue weighted by Gasteiger charge is -2.08. The van der Waals surface area contributed by atoms with E-state index in [1.54, 1.807) is 25.4 Å². The molecule has 0 saturated heterocycles. The topological polar surface area (TPSA) is 79.0 Å². The largest absolute Gasteiger partial charge is 0.481 e. The predicted octanol–water partition coefficient (Wildman–Crippen LogP) is 2.75. The van der Waals surface area contributed by atoms with Crippen LogP contribution in [0.1, 0.15) is 11.1 Å². The molecular formula is C18H19FN4O2. The van der Waals surface area contributed by atoms with Gasteiger partial charge in [0, 0.05) is 42.5 Å². The number of aromatic nitrogens is 2. The standard InChI is InChI=1S/C18H19FN4O2/c1-25-17-8-12(4-6-20-17)10-23-18(24)21-7-5-13-11-22-16-3-2-14(19)9-15(13)16/h2-4,6,8-9,11,22H,5,7,10H2,1H3,(H2,21,23,24). The number of H-pyrrole nitrogens is 1. The van der Waals surface area contributed by atoms with Gasteiger partial charge in [-0.2, -0.15) is 0 Å². The number of pyridine rings is 1. The van der Waals surface area contributed by atoms with Crippen molar-refractivity contribution in [2.24, 2.45) is 0 Å². The van der Waals surface area contributed by atoms with E-state index in [9.17, 15) is 9.18 Å². The molecule has 0 fully saturated rings. The molecule has 25 heavy (non-hydrogen) atoms. The van der Waals surface area contributed by atoms with Gasteiger partial charge in [0.2, 0.25) is 5.88 Å². The molecular weight excluding hydrogens is 323 g/mol. The molecule has 7 heteroatoms. The first-order valence-electron chi connectivity index (χ1n) is 7.92. The maximum Gasteiger partial charge on any atom is 0.315 e. The normalized spacial score (nSPS) is 10.6. The number of amides is 2. The van der Waals surface area contributed by atoms with Crippen molar-refractivity contribution in [3.05, 3.63) is 59.7 Å². The number of halogens is 1. The van der Waals surface area contributed by atoms with Gasteiger partial charge in [-0.25, -0.2) is 14.2 Å². The summed E-state index contributed by atoms with van der Waals surface area (Å²) in [6.07, 6.45) is 4.08. The molecule has 0 radical (unpaired) electrons. The molecule has 0 saturated carbocycles. The Hall–Kier alpha value is -3.09. The number of nitrogens with one attached hydrogen (secondary N) is 3. The molecule has 2 aromatic heterocycles. The maximum atomic E-state index is 13.4. The van der Waals surface area contributed by atoms with Gasteiger partial charge in [0.15, 0.2) is 0 Å². The Morgan fingerprint density at radius 2 is 2.16 bits per heavy atom. The van der Waals surface area contributed by atoms with Gasteiger partial charge in [-0.3, -0.25) is 0 Å². The van der Waals surface area contributed by atoms with E-state index in [2.05, 4.69) is 20.6 Å². The zero-order chi connectivity index (χ0) is 17.6. The number of aromatic amines is 1. The van der Waals surface area contributed by atoms with Crippen LogP contribution in [0.5, 0.6) is 5.88 Å². The maximum absolute atomic E-state index is 13.4. The van der Waals surface area contributed by atoms with E-state index in [1.807, 2.05) is 12.3 Å². The van der Waals surface area contributed by atoms with Gasteiger partial charge in [-0.15, -0.1) is 0 Å². The molecule has 0 aliphatic carbocycles. The molecule has 1 aromatic carbocycles. The molecule has 0 atom stereocenters. The summed E-state index contributed by atoms with van der Waals surface area (Å²) in [6, 6.07) is 7.93. The Bertz CT molecular complexity index is 878. The Morgan fingerprint density at radius 3 is 3.00 bits per heavy atom. The van der Waals surface area contributed by atoms with Crippen molar-refractivity contribution in [1.29, 1.82) is 0 Å². The Morgan fingerprint density at radius 1 is 1.28 bits per heavy atom. The van der Waals surface area contributed by atoms with Gasteiger partial charge in [0.25, 0.3) is 0 Å². The van der Waals surface area contributed by atoms with Gasteiger partial charge in [0.1, 0.15) is 5.82 Å². The molecule has 0 bridgehead atoms. The van der Waals surface area contributed by atoms with Crippen LogP contribution in [0, 0.1) is 5.82 Å². The average Bonchev–Trinajstić information content (AvgIpc) is 3.02. The number of benzene rings is 1. The monoisotopic (exact) mass is 342 g/mol. The summed E-state index contributed by atoms with van der Waals surface area (Å²) in [5.41, 5.74) is 2.75. The van der Waals surface area contributed by atoms with Crippen LogP contribution in [0.2, 0.25) is 0 Å². The number of hydrogen-bond donors (Lipinski definition) is 3. The van der Waals surface area contributed by atoms with Crippen LogP contribution in [-0.4, -0.2) is 29.7 Å². The molecule has 3 N–H and O–H groups in total.